The van der Waals surface area contributed by atoms with Gasteiger partial charge in [-0.05, 0) is 77.0 Å². The van der Waals surface area contributed by atoms with Gasteiger partial charge in [-0.2, -0.15) is 0 Å². The molecule has 0 aliphatic rings. The third-order valence-corrected chi connectivity index (χ3v) is 6.90. The van der Waals surface area contributed by atoms with E-state index < -0.39 is 6.04 Å². The topological polar surface area (TPSA) is 58.6 Å². The van der Waals surface area contributed by atoms with E-state index >= 15 is 0 Å². The summed E-state index contributed by atoms with van der Waals surface area (Å²) in [6, 6.07) is 22.9. The Balaban J connectivity index is 1.91. The lowest BCUT2D eigenvalue weighted by Crippen LogP contribution is -2.52. The number of hydrogen-bond acceptors (Lipinski definition) is 3. The van der Waals surface area contributed by atoms with Gasteiger partial charge in [-0.3, -0.25) is 9.59 Å². The Kier molecular flexibility index (Phi) is 10.3. The summed E-state index contributed by atoms with van der Waals surface area (Å²) >= 11 is 3.58. The highest BCUT2D eigenvalue weighted by Crippen LogP contribution is 2.29. The lowest BCUT2D eigenvalue weighted by atomic mass is 10.0. The van der Waals surface area contributed by atoms with Crippen LogP contribution >= 0.6 is 15.9 Å². The molecule has 196 valence electrons. The molecule has 0 unspecified atom stereocenters. The van der Waals surface area contributed by atoms with Crippen molar-refractivity contribution < 1.29 is 14.3 Å². The number of aryl methyl sites for hydroxylation is 1. The second kappa shape index (κ2) is 13.4. The maximum Gasteiger partial charge on any atom is 0.261 e. The molecule has 3 aromatic rings. The Hall–Kier alpha value is -3.12. The number of carbonyl (C=O) groups excluding carboxylic acids is 2. The standard InChI is InChI=1S/C31H37BrN2O3/c1-21(2)25-15-16-29(27(32)18-25)37-20-30(35)34(19-26-14-10-9-11-23(26)5)28(31(36)33-22(3)4)17-24-12-7-6-8-13-24/h6-16,18,21-22,28H,17,19-20H2,1-5H3,(H,33,36)/t28-/m0/s1. The van der Waals surface area contributed by atoms with E-state index in [9.17, 15) is 9.59 Å². The van der Waals surface area contributed by atoms with Crippen LogP contribution in [0.4, 0.5) is 0 Å². The number of halogens is 1. The van der Waals surface area contributed by atoms with Crippen LogP contribution in [0.3, 0.4) is 0 Å². The molecule has 2 amide bonds. The van der Waals surface area contributed by atoms with E-state index in [4.69, 9.17) is 4.74 Å². The van der Waals surface area contributed by atoms with Gasteiger partial charge in [0.15, 0.2) is 6.61 Å². The zero-order valence-corrected chi connectivity index (χ0v) is 23.9. The number of ether oxygens (including phenoxy) is 1. The minimum Gasteiger partial charge on any atom is -0.483 e. The van der Waals surface area contributed by atoms with E-state index in [0.717, 1.165) is 21.2 Å². The summed E-state index contributed by atoms with van der Waals surface area (Å²) in [6.45, 7) is 10.3. The normalized spacial score (nSPS) is 11.9. The lowest BCUT2D eigenvalue weighted by Gasteiger charge is -2.32. The van der Waals surface area contributed by atoms with Crippen LogP contribution in [0.1, 0.15) is 55.9 Å². The van der Waals surface area contributed by atoms with Crippen LogP contribution < -0.4 is 10.1 Å². The molecule has 1 atom stereocenters. The molecule has 0 spiro atoms. The van der Waals surface area contributed by atoms with E-state index in [-0.39, 0.29) is 24.5 Å². The summed E-state index contributed by atoms with van der Waals surface area (Å²) < 4.78 is 6.77. The van der Waals surface area contributed by atoms with E-state index in [2.05, 4.69) is 35.1 Å². The lowest BCUT2D eigenvalue weighted by molar-refractivity contribution is -0.143. The van der Waals surface area contributed by atoms with Crippen LogP contribution in [-0.4, -0.2) is 35.4 Å². The first-order chi connectivity index (χ1) is 17.7. The number of carbonyl (C=O) groups is 2. The Labute approximate surface area is 229 Å². The molecule has 0 bridgehead atoms. The Morgan fingerprint density at radius 3 is 2.24 bits per heavy atom. The predicted molar refractivity (Wildman–Crippen MR) is 153 cm³/mol. The summed E-state index contributed by atoms with van der Waals surface area (Å²) in [4.78, 5) is 28.9. The maximum absolute atomic E-state index is 13.7. The average molecular weight is 566 g/mol. The van der Waals surface area contributed by atoms with Crippen LogP contribution in [0.15, 0.2) is 77.3 Å². The van der Waals surface area contributed by atoms with Gasteiger partial charge in [-0.15, -0.1) is 0 Å². The molecule has 0 radical (unpaired) electrons. The molecule has 6 heteroatoms. The molecule has 37 heavy (non-hydrogen) atoms. The number of benzene rings is 3. The van der Waals surface area contributed by atoms with Gasteiger partial charge in [0.1, 0.15) is 11.8 Å². The first-order valence-corrected chi connectivity index (χ1v) is 13.6. The molecule has 5 nitrogen and oxygen atoms in total. The molecule has 0 saturated heterocycles. The van der Waals surface area contributed by atoms with Crippen molar-refractivity contribution >= 4 is 27.7 Å². The zero-order chi connectivity index (χ0) is 26.9. The van der Waals surface area contributed by atoms with Crippen LogP contribution in [0.5, 0.6) is 5.75 Å². The fourth-order valence-corrected chi connectivity index (χ4v) is 4.63. The molecule has 0 aliphatic carbocycles. The van der Waals surface area contributed by atoms with Crippen molar-refractivity contribution in [2.75, 3.05) is 6.61 Å². The minimum atomic E-state index is -0.688. The van der Waals surface area contributed by atoms with Crippen molar-refractivity contribution in [3.63, 3.8) is 0 Å². The minimum absolute atomic E-state index is 0.0483. The molecule has 0 aromatic heterocycles. The third-order valence-electron chi connectivity index (χ3n) is 6.28. The fraction of sp³-hybridized carbons (Fsp3) is 0.355. The summed E-state index contributed by atoms with van der Waals surface area (Å²) in [5, 5.41) is 3.02. The number of amides is 2. The summed E-state index contributed by atoms with van der Waals surface area (Å²) in [6.07, 6.45) is 0.407. The van der Waals surface area contributed by atoms with Crippen LogP contribution in [0, 0.1) is 6.92 Å². The van der Waals surface area contributed by atoms with Crippen LogP contribution in [-0.2, 0) is 22.6 Å². The highest BCUT2D eigenvalue weighted by molar-refractivity contribution is 9.10. The van der Waals surface area contributed by atoms with Crippen molar-refractivity contribution in [2.24, 2.45) is 0 Å². The second-order valence-electron chi connectivity index (χ2n) is 9.95. The van der Waals surface area contributed by atoms with E-state index in [1.807, 2.05) is 93.6 Å². The second-order valence-corrected chi connectivity index (χ2v) is 10.8. The van der Waals surface area contributed by atoms with Crippen molar-refractivity contribution in [1.29, 1.82) is 0 Å². The number of rotatable bonds is 11. The van der Waals surface area contributed by atoms with Crippen molar-refractivity contribution in [3.05, 3.63) is 99.5 Å². The molecule has 0 saturated carbocycles. The van der Waals surface area contributed by atoms with Crippen molar-refractivity contribution in [2.45, 2.75) is 65.6 Å². The van der Waals surface area contributed by atoms with Crippen molar-refractivity contribution in [1.82, 2.24) is 10.2 Å². The fourth-order valence-electron chi connectivity index (χ4n) is 4.12. The van der Waals surface area contributed by atoms with Gasteiger partial charge in [0.05, 0.1) is 4.47 Å². The number of nitrogens with zero attached hydrogens (tertiary/aromatic N) is 1. The highest BCUT2D eigenvalue weighted by Gasteiger charge is 2.31. The predicted octanol–water partition coefficient (Wildman–Crippen LogP) is 6.42. The monoisotopic (exact) mass is 564 g/mol. The van der Waals surface area contributed by atoms with Gasteiger partial charge in [0, 0.05) is 19.0 Å². The Morgan fingerprint density at radius 2 is 1.62 bits per heavy atom. The van der Waals surface area contributed by atoms with E-state index in [0.29, 0.717) is 24.6 Å². The Morgan fingerprint density at radius 1 is 0.946 bits per heavy atom. The molecule has 0 aliphatic heterocycles. The summed E-state index contributed by atoms with van der Waals surface area (Å²) in [7, 11) is 0. The van der Waals surface area contributed by atoms with Gasteiger partial charge in [0.2, 0.25) is 5.91 Å². The average Bonchev–Trinajstić information content (AvgIpc) is 2.86. The van der Waals surface area contributed by atoms with Gasteiger partial charge in [-0.25, -0.2) is 0 Å². The SMILES string of the molecule is Cc1ccccc1CN(C(=O)COc1ccc(C(C)C)cc1Br)[C@@H](Cc1ccccc1)C(=O)NC(C)C. The zero-order valence-electron chi connectivity index (χ0n) is 22.3. The number of hydrogen-bond donors (Lipinski definition) is 1. The third kappa shape index (κ3) is 8.19. The summed E-state index contributed by atoms with van der Waals surface area (Å²) in [5.41, 5.74) is 4.23. The number of nitrogens with one attached hydrogen (secondary N) is 1. The quantitative estimate of drug-likeness (QED) is 0.292. The molecule has 3 aromatic carbocycles. The van der Waals surface area contributed by atoms with Crippen LogP contribution in [0.2, 0.25) is 0 Å². The first kappa shape index (κ1) is 28.5. The van der Waals surface area contributed by atoms with Crippen LogP contribution in [0.25, 0.3) is 0 Å². The molecule has 1 N–H and O–H groups in total. The van der Waals surface area contributed by atoms with Gasteiger partial charge >= 0.3 is 0 Å². The molecule has 0 heterocycles. The van der Waals surface area contributed by atoms with Gasteiger partial charge in [0.25, 0.3) is 5.91 Å². The Bertz CT molecular complexity index is 1190. The first-order valence-electron chi connectivity index (χ1n) is 12.8. The van der Waals surface area contributed by atoms with E-state index in [1.165, 1.54) is 5.56 Å². The highest BCUT2D eigenvalue weighted by atomic mass is 79.9. The molecular formula is C31H37BrN2O3. The molecular weight excluding hydrogens is 528 g/mol. The van der Waals surface area contributed by atoms with Gasteiger partial charge in [-0.1, -0.05) is 74.5 Å². The van der Waals surface area contributed by atoms with Crippen molar-refractivity contribution in [3.8, 4) is 5.75 Å². The maximum atomic E-state index is 13.7. The largest absolute Gasteiger partial charge is 0.483 e. The molecule has 3 rings (SSSR count). The smallest absolute Gasteiger partial charge is 0.261 e. The van der Waals surface area contributed by atoms with Gasteiger partial charge < -0.3 is 15.0 Å². The summed E-state index contributed by atoms with van der Waals surface area (Å²) in [5.74, 6) is 0.556. The molecule has 0 fully saturated rings. The van der Waals surface area contributed by atoms with E-state index in [1.54, 1.807) is 4.90 Å².